The van der Waals surface area contributed by atoms with Gasteiger partial charge in [-0.2, -0.15) is 0 Å². The third-order valence-electron chi connectivity index (χ3n) is 4.67. The monoisotopic (exact) mass is 307 g/mol. The van der Waals surface area contributed by atoms with E-state index in [0.717, 1.165) is 18.8 Å². The van der Waals surface area contributed by atoms with Crippen molar-refractivity contribution >= 4 is 5.57 Å². The molecular formula is C21H25NO. The lowest BCUT2D eigenvalue weighted by atomic mass is 9.95. The number of hydrogen-bond donors (Lipinski definition) is 0. The van der Waals surface area contributed by atoms with E-state index in [9.17, 15) is 0 Å². The van der Waals surface area contributed by atoms with Gasteiger partial charge in [0.25, 0.3) is 0 Å². The van der Waals surface area contributed by atoms with Gasteiger partial charge in [0.15, 0.2) is 0 Å². The van der Waals surface area contributed by atoms with Gasteiger partial charge in [0.1, 0.15) is 5.75 Å². The van der Waals surface area contributed by atoms with Gasteiger partial charge in [-0.05, 0) is 55.1 Å². The second-order valence-electron chi connectivity index (χ2n) is 6.26. The standard InChI is InChI=1S/C21H25NO/c1-17(19-10-12-21(23-2)13-11-19)20-9-6-14-22(16-20)15-18-7-4-3-5-8-18/h3-5,7-8,10-13H,6,9,14-16H2,1-2H3/b20-17-. The van der Waals surface area contributed by atoms with Crippen molar-refractivity contribution in [2.24, 2.45) is 0 Å². The molecule has 0 aromatic heterocycles. The third-order valence-corrected chi connectivity index (χ3v) is 4.67. The molecule has 0 N–H and O–H groups in total. The van der Waals surface area contributed by atoms with Crippen molar-refractivity contribution in [3.05, 3.63) is 71.3 Å². The molecule has 0 aliphatic carbocycles. The van der Waals surface area contributed by atoms with Gasteiger partial charge in [0, 0.05) is 13.1 Å². The highest BCUT2D eigenvalue weighted by atomic mass is 16.5. The summed E-state index contributed by atoms with van der Waals surface area (Å²) in [4.78, 5) is 2.56. The van der Waals surface area contributed by atoms with Crippen LogP contribution in [0, 0.1) is 0 Å². The lowest BCUT2D eigenvalue weighted by Crippen LogP contribution is -2.31. The first-order valence-corrected chi connectivity index (χ1v) is 8.35. The molecule has 0 unspecified atom stereocenters. The number of likely N-dealkylation sites (tertiary alicyclic amines) is 1. The molecule has 2 aromatic rings. The Balaban J connectivity index is 1.73. The topological polar surface area (TPSA) is 12.5 Å². The quantitative estimate of drug-likeness (QED) is 0.807. The number of rotatable bonds is 4. The van der Waals surface area contributed by atoms with Gasteiger partial charge < -0.3 is 4.74 Å². The van der Waals surface area contributed by atoms with Gasteiger partial charge in [-0.3, -0.25) is 4.90 Å². The SMILES string of the molecule is COc1ccc(/C(C)=C2/CCCN(Cc3ccccc3)C2)cc1. The fourth-order valence-electron chi connectivity index (χ4n) is 3.27. The largest absolute Gasteiger partial charge is 0.497 e. The molecule has 0 bridgehead atoms. The summed E-state index contributed by atoms with van der Waals surface area (Å²) < 4.78 is 5.25. The highest BCUT2D eigenvalue weighted by Gasteiger charge is 2.16. The van der Waals surface area contributed by atoms with E-state index in [1.165, 1.54) is 36.1 Å². The normalized spacial score (nSPS) is 17.8. The van der Waals surface area contributed by atoms with Crippen molar-refractivity contribution in [2.45, 2.75) is 26.3 Å². The van der Waals surface area contributed by atoms with Crippen LogP contribution in [0.1, 0.15) is 30.9 Å². The minimum atomic E-state index is 0.917. The van der Waals surface area contributed by atoms with Crippen LogP contribution in [0.2, 0.25) is 0 Å². The van der Waals surface area contributed by atoms with Gasteiger partial charge in [-0.15, -0.1) is 0 Å². The lowest BCUT2D eigenvalue weighted by molar-refractivity contribution is 0.258. The highest BCUT2D eigenvalue weighted by molar-refractivity contribution is 5.67. The summed E-state index contributed by atoms with van der Waals surface area (Å²) in [6.07, 6.45) is 2.46. The summed E-state index contributed by atoms with van der Waals surface area (Å²) in [5, 5.41) is 0. The highest BCUT2D eigenvalue weighted by Crippen LogP contribution is 2.27. The predicted molar refractivity (Wildman–Crippen MR) is 96.5 cm³/mol. The third kappa shape index (κ3) is 4.02. The molecule has 0 spiro atoms. The van der Waals surface area contributed by atoms with Crippen LogP contribution >= 0.6 is 0 Å². The Morgan fingerprint density at radius 2 is 1.78 bits per heavy atom. The molecule has 1 saturated heterocycles. The first kappa shape index (κ1) is 15.8. The molecule has 0 amide bonds. The first-order valence-electron chi connectivity index (χ1n) is 8.35. The van der Waals surface area contributed by atoms with Crippen LogP contribution in [-0.4, -0.2) is 25.1 Å². The van der Waals surface area contributed by atoms with Crippen LogP contribution in [0.4, 0.5) is 0 Å². The van der Waals surface area contributed by atoms with E-state index in [4.69, 9.17) is 4.74 Å². The van der Waals surface area contributed by atoms with Gasteiger partial charge in [0.2, 0.25) is 0 Å². The average molecular weight is 307 g/mol. The maximum absolute atomic E-state index is 5.25. The molecule has 23 heavy (non-hydrogen) atoms. The van der Waals surface area contributed by atoms with Crippen molar-refractivity contribution in [3.63, 3.8) is 0 Å². The number of piperidine rings is 1. The summed E-state index contributed by atoms with van der Waals surface area (Å²) in [5.74, 6) is 0.917. The molecule has 120 valence electrons. The Hall–Kier alpha value is -2.06. The lowest BCUT2D eigenvalue weighted by Gasteiger charge is -2.30. The van der Waals surface area contributed by atoms with Gasteiger partial charge in [-0.25, -0.2) is 0 Å². The van der Waals surface area contributed by atoms with Gasteiger partial charge in [0.05, 0.1) is 7.11 Å². The minimum Gasteiger partial charge on any atom is -0.497 e. The summed E-state index contributed by atoms with van der Waals surface area (Å²) in [7, 11) is 1.71. The van der Waals surface area contributed by atoms with Crippen molar-refractivity contribution in [1.82, 2.24) is 4.90 Å². The molecule has 0 saturated carbocycles. The van der Waals surface area contributed by atoms with E-state index in [1.54, 1.807) is 12.7 Å². The molecule has 1 aliphatic heterocycles. The minimum absolute atomic E-state index is 0.917. The Morgan fingerprint density at radius 3 is 2.48 bits per heavy atom. The van der Waals surface area contributed by atoms with Crippen LogP contribution < -0.4 is 4.74 Å². The molecule has 2 heteroatoms. The molecule has 3 rings (SSSR count). The van der Waals surface area contributed by atoms with E-state index in [2.05, 4.69) is 54.3 Å². The van der Waals surface area contributed by atoms with Crippen molar-refractivity contribution < 1.29 is 4.74 Å². The fraction of sp³-hybridized carbons (Fsp3) is 0.333. The summed E-state index contributed by atoms with van der Waals surface area (Å²) in [5.41, 5.74) is 5.70. The molecule has 1 aliphatic rings. The van der Waals surface area contributed by atoms with Crippen LogP contribution in [-0.2, 0) is 6.54 Å². The molecule has 2 nitrogen and oxygen atoms in total. The van der Waals surface area contributed by atoms with Gasteiger partial charge >= 0.3 is 0 Å². The van der Waals surface area contributed by atoms with Crippen molar-refractivity contribution in [1.29, 1.82) is 0 Å². The van der Waals surface area contributed by atoms with Crippen molar-refractivity contribution in [3.8, 4) is 5.75 Å². The zero-order valence-electron chi connectivity index (χ0n) is 14.1. The van der Waals surface area contributed by atoms with Crippen LogP contribution in [0.5, 0.6) is 5.75 Å². The molecule has 2 aromatic carbocycles. The fourth-order valence-corrected chi connectivity index (χ4v) is 3.27. The first-order chi connectivity index (χ1) is 11.3. The maximum Gasteiger partial charge on any atom is 0.118 e. The second kappa shape index (κ2) is 7.47. The summed E-state index contributed by atoms with van der Waals surface area (Å²) >= 11 is 0. The van der Waals surface area contributed by atoms with E-state index >= 15 is 0 Å². The summed E-state index contributed by atoms with van der Waals surface area (Å²) in [6.45, 7) is 5.56. The second-order valence-corrected chi connectivity index (χ2v) is 6.26. The molecule has 1 heterocycles. The number of nitrogens with zero attached hydrogens (tertiary/aromatic N) is 1. The van der Waals surface area contributed by atoms with Crippen LogP contribution in [0.15, 0.2) is 60.2 Å². The summed E-state index contributed by atoms with van der Waals surface area (Å²) in [6, 6.07) is 19.2. The molecule has 0 radical (unpaired) electrons. The van der Waals surface area contributed by atoms with E-state index < -0.39 is 0 Å². The predicted octanol–water partition coefficient (Wildman–Crippen LogP) is 4.76. The number of benzene rings is 2. The zero-order chi connectivity index (χ0) is 16.1. The van der Waals surface area contributed by atoms with Crippen molar-refractivity contribution in [2.75, 3.05) is 20.2 Å². The van der Waals surface area contributed by atoms with Crippen LogP contribution in [0.25, 0.3) is 5.57 Å². The Morgan fingerprint density at radius 1 is 1.04 bits per heavy atom. The number of allylic oxidation sites excluding steroid dienone is 1. The smallest absolute Gasteiger partial charge is 0.118 e. The Bertz CT molecular complexity index is 658. The zero-order valence-corrected chi connectivity index (χ0v) is 14.1. The number of methoxy groups -OCH3 is 1. The number of ether oxygens (including phenoxy) is 1. The molecule has 0 atom stereocenters. The Labute approximate surface area is 139 Å². The van der Waals surface area contributed by atoms with Gasteiger partial charge in [-0.1, -0.05) is 48.0 Å². The van der Waals surface area contributed by atoms with E-state index in [1.807, 2.05) is 12.1 Å². The molecular weight excluding hydrogens is 282 g/mol. The maximum atomic E-state index is 5.25. The number of hydrogen-bond acceptors (Lipinski definition) is 2. The molecule has 1 fully saturated rings. The van der Waals surface area contributed by atoms with Crippen LogP contribution in [0.3, 0.4) is 0 Å². The Kier molecular flexibility index (Phi) is 5.14. The van der Waals surface area contributed by atoms with E-state index in [-0.39, 0.29) is 0 Å². The van der Waals surface area contributed by atoms with E-state index in [0.29, 0.717) is 0 Å². The average Bonchev–Trinajstić information content (AvgIpc) is 2.62.